The van der Waals surface area contributed by atoms with Gasteiger partial charge in [0.2, 0.25) is 0 Å². The molecule has 108 valence electrons. The fourth-order valence-corrected chi connectivity index (χ4v) is 2.44. The van der Waals surface area contributed by atoms with E-state index in [2.05, 4.69) is 5.32 Å². The lowest BCUT2D eigenvalue weighted by molar-refractivity contribution is 0.381. The molecule has 0 spiro atoms. The van der Waals surface area contributed by atoms with Crippen LogP contribution in [0.5, 0.6) is 5.75 Å². The Labute approximate surface area is 118 Å². The highest BCUT2D eigenvalue weighted by Crippen LogP contribution is 2.32. The van der Waals surface area contributed by atoms with Gasteiger partial charge in [0.25, 0.3) is 0 Å². The summed E-state index contributed by atoms with van der Waals surface area (Å²) in [4.78, 5) is 0. The second-order valence-electron chi connectivity index (χ2n) is 4.72. The molecule has 20 heavy (non-hydrogen) atoms. The molecule has 0 saturated carbocycles. The number of nitrogens with one attached hydrogen (secondary N) is 1. The number of ether oxygens (including phenoxy) is 1. The third-order valence-electron chi connectivity index (χ3n) is 3.32. The molecule has 0 saturated heterocycles. The van der Waals surface area contributed by atoms with Crippen molar-refractivity contribution in [3.8, 4) is 5.75 Å². The molecule has 0 bridgehead atoms. The molecule has 1 unspecified atom stereocenters. The molecule has 1 heterocycles. The van der Waals surface area contributed by atoms with Crippen LogP contribution in [0.1, 0.15) is 35.6 Å². The topological polar surface area (TPSA) is 34.4 Å². The van der Waals surface area contributed by atoms with E-state index in [-0.39, 0.29) is 17.6 Å². The van der Waals surface area contributed by atoms with Crippen LogP contribution in [0.3, 0.4) is 0 Å². The van der Waals surface area contributed by atoms with Gasteiger partial charge < -0.3 is 14.5 Å². The fraction of sp³-hybridized carbons (Fsp3) is 0.375. The second kappa shape index (κ2) is 6.09. The highest BCUT2D eigenvalue weighted by molar-refractivity contribution is 5.39. The van der Waals surface area contributed by atoms with Gasteiger partial charge in [0.15, 0.2) is 11.6 Å². The van der Waals surface area contributed by atoms with Crippen molar-refractivity contribution in [2.75, 3.05) is 13.7 Å². The summed E-state index contributed by atoms with van der Waals surface area (Å²) in [6.45, 7) is 6.50. The maximum atomic E-state index is 14.5. The number of hydrogen-bond donors (Lipinski definition) is 1. The van der Waals surface area contributed by atoms with Gasteiger partial charge >= 0.3 is 0 Å². The molecule has 4 heteroatoms. The molecule has 1 atom stereocenters. The van der Waals surface area contributed by atoms with Crippen LogP contribution in [0.25, 0.3) is 0 Å². The summed E-state index contributed by atoms with van der Waals surface area (Å²) in [6, 6.07) is 6.89. The van der Waals surface area contributed by atoms with Gasteiger partial charge in [-0.3, -0.25) is 0 Å². The van der Waals surface area contributed by atoms with Crippen molar-refractivity contribution in [2.24, 2.45) is 0 Å². The summed E-state index contributed by atoms with van der Waals surface area (Å²) in [6.07, 6.45) is 0. The minimum atomic E-state index is -0.334. The molecule has 0 aliphatic rings. The Morgan fingerprint density at radius 3 is 2.60 bits per heavy atom. The van der Waals surface area contributed by atoms with Gasteiger partial charge in [0.1, 0.15) is 11.5 Å². The van der Waals surface area contributed by atoms with Gasteiger partial charge in [-0.05, 0) is 32.5 Å². The molecule has 0 fully saturated rings. The number of hydrogen-bond acceptors (Lipinski definition) is 3. The van der Waals surface area contributed by atoms with E-state index in [1.54, 1.807) is 18.2 Å². The Bertz CT molecular complexity index is 592. The third-order valence-corrected chi connectivity index (χ3v) is 3.32. The Balaban J connectivity index is 2.51. The molecule has 0 radical (unpaired) electrons. The molecule has 1 N–H and O–H groups in total. The predicted octanol–water partition coefficient (Wildman–Crippen LogP) is 3.74. The zero-order valence-corrected chi connectivity index (χ0v) is 12.3. The summed E-state index contributed by atoms with van der Waals surface area (Å²) in [5, 5.41) is 3.31. The molecule has 2 aromatic rings. The van der Waals surface area contributed by atoms with Crippen molar-refractivity contribution < 1.29 is 13.5 Å². The van der Waals surface area contributed by atoms with Crippen molar-refractivity contribution in [3.05, 3.63) is 52.7 Å². The first-order valence-corrected chi connectivity index (χ1v) is 6.71. The fourth-order valence-electron chi connectivity index (χ4n) is 2.44. The normalized spacial score (nSPS) is 12.4. The van der Waals surface area contributed by atoms with Gasteiger partial charge in [0, 0.05) is 11.1 Å². The van der Waals surface area contributed by atoms with Crippen molar-refractivity contribution in [2.45, 2.75) is 26.8 Å². The highest BCUT2D eigenvalue weighted by atomic mass is 19.1. The zero-order chi connectivity index (χ0) is 14.7. The third kappa shape index (κ3) is 2.70. The summed E-state index contributed by atoms with van der Waals surface area (Å²) >= 11 is 0. The first-order chi connectivity index (χ1) is 9.58. The van der Waals surface area contributed by atoms with E-state index in [1.807, 2.05) is 26.8 Å². The van der Waals surface area contributed by atoms with Crippen LogP contribution in [-0.4, -0.2) is 13.7 Å². The second-order valence-corrected chi connectivity index (χ2v) is 4.72. The van der Waals surface area contributed by atoms with Crippen LogP contribution in [-0.2, 0) is 0 Å². The van der Waals surface area contributed by atoms with Gasteiger partial charge in [-0.1, -0.05) is 19.1 Å². The standard InChI is InChI=1S/C16H20FNO2/c1-5-18-16(13-9-10(2)20-11(13)3)12-7-6-8-14(19-4)15(12)17/h6-9,16,18H,5H2,1-4H3. The van der Waals surface area contributed by atoms with Crippen LogP contribution in [0.4, 0.5) is 4.39 Å². The first-order valence-electron chi connectivity index (χ1n) is 6.71. The number of aryl methyl sites for hydroxylation is 2. The monoisotopic (exact) mass is 277 g/mol. The SMILES string of the molecule is CCNC(c1cc(C)oc1C)c1cccc(OC)c1F. The number of rotatable bonds is 5. The van der Waals surface area contributed by atoms with Crippen molar-refractivity contribution >= 4 is 0 Å². The highest BCUT2D eigenvalue weighted by Gasteiger charge is 2.23. The van der Waals surface area contributed by atoms with E-state index >= 15 is 0 Å². The number of benzene rings is 1. The average Bonchev–Trinajstić information content (AvgIpc) is 2.75. The molecular formula is C16H20FNO2. The van der Waals surface area contributed by atoms with Gasteiger partial charge in [-0.15, -0.1) is 0 Å². The van der Waals surface area contributed by atoms with Gasteiger partial charge in [-0.25, -0.2) is 4.39 Å². The van der Waals surface area contributed by atoms with E-state index in [1.165, 1.54) is 7.11 Å². The summed E-state index contributed by atoms with van der Waals surface area (Å²) < 4.78 is 25.1. The van der Waals surface area contributed by atoms with Gasteiger partial charge in [-0.2, -0.15) is 0 Å². The Hall–Kier alpha value is -1.81. The summed E-state index contributed by atoms with van der Waals surface area (Å²) in [5.74, 6) is 1.54. The van der Waals surface area contributed by atoms with E-state index in [0.717, 1.165) is 23.6 Å². The molecule has 3 nitrogen and oxygen atoms in total. The van der Waals surface area contributed by atoms with E-state index in [4.69, 9.17) is 9.15 Å². The molecule has 0 amide bonds. The minimum Gasteiger partial charge on any atom is -0.494 e. The van der Waals surface area contributed by atoms with Crippen LogP contribution in [0, 0.1) is 19.7 Å². The average molecular weight is 277 g/mol. The largest absolute Gasteiger partial charge is 0.494 e. The molecule has 1 aromatic carbocycles. The smallest absolute Gasteiger partial charge is 0.170 e. The van der Waals surface area contributed by atoms with Crippen LogP contribution < -0.4 is 10.1 Å². The number of furan rings is 1. The summed E-state index contributed by atoms with van der Waals surface area (Å²) in [5.41, 5.74) is 1.52. The van der Waals surface area contributed by atoms with Crippen LogP contribution in [0.2, 0.25) is 0 Å². The Kier molecular flexibility index (Phi) is 4.45. The van der Waals surface area contributed by atoms with Crippen LogP contribution >= 0.6 is 0 Å². The maximum absolute atomic E-state index is 14.5. The quantitative estimate of drug-likeness (QED) is 0.904. The number of methoxy groups -OCH3 is 1. The first kappa shape index (κ1) is 14.6. The molecular weight excluding hydrogens is 257 g/mol. The maximum Gasteiger partial charge on any atom is 0.170 e. The van der Waals surface area contributed by atoms with Gasteiger partial charge in [0.05, 0.1) is 13.2 Å². The molecule has 0 aliphatic carbocycles. The van der Waals surface area contributed by atoms with Crippen molar-refractivity contribution in [3.63, 3.8) is 0 Å². The summed E-state index contributed by atoms with van der Waals surface area (Å²) in [7, 11) is 1.47. The lowest BCUT2D eigenvalue weighted by Crippen LogP contribution is -2.23. The minimum absolute atomic E-state index is 0.243. The lowest BCUT2D eigenvalue weighted by atomic mass is 9.98. The zero-order valence-electron chi connectivity index (χ0n) is 12.3. The van der Waals surface area contributed by atoms with E-state index in [0.29, 0.717) is 5.56 Å². The Morgan fingerprint density at radius 1 is 1.30 bits per heavy atom. The van der Waals surface area contributed by atoms with Crippen molar-refractivity contribution in [1.29, 1.82) is 0 Å². The number of halogens is 1. The molecule has 1 aromatic heterocycles. The van der Waals surface area contributed by atoms with E-state index < -0.39 is 0 Å². The predicted molar refractivity (Wildman–Crippen MR) is 76.7 cm³/mol. The van der Waals surface area contributed by atoms with Crippen molar-refractivity contribution in [1.82, 2.24) is 5.32 Å². The lowest BCUT2D eigenvalue weighted by Gasteiger charge is -2.19. The van der Waals surface area contributed by atoms with Crippen LogP contribution in [0.15, 0.2) is 28.7 Å². The molecule has 2 rings (SSSR count). The van der Waals surface area contributed by atoms with E-state index in [9.17, 15) is 4.39 Å². The molecule has 0 aliphatic heterocycles. The Morgan fingerprint density at radius 2 is 2.05 bits per heavy atom.